The van der Waals surface area contributed by atoms with Gasteiger partial charge in [-0.2, -0.15) is 0 Å². The average Bonchev–Trinajstić information content (AvgIpc) is 3.18. The van der Waals surface area contributed by atoms with Crippen LogP contribution >= 0.6 is 0 Å². The Morgan fingerprint density at radius 3 is 2.60 bits per heavy atom. The number of dihydropyridines is 1. The Balaban J connectivity index is 2.00. The van der Waals surface area contributed by atoms with E-state index in [0.717, 1.165) is 28.9 Å². The van der Waals surface area contributed by atoms with Gasteiger partial charge < -0.3 is 16.4 Å². The van der Waals surface area contributed by atoms with E-state index in [9.17, 15) is 13.6 Å². The molecule has 2 aliphatic heterocycles. The highest BCUT2D eigenvalue weighted by Gasteiger charge is 2.33. The number of carbonyl (C=O) groups excluding carboxylic acids is 1. The zero-order chi connectivity index (χ0) is 21.8. The molecule has 2 heterocycles. The predicted octanol–water partition coefficient (Wildman–Crippen LogP) is 4.84. The minimum atomic E-state index is -1.00. The lowest BCUT2D eigenvalue weighted by atomic mass is 9.91. The largest absolute Gasteiger partial charge is 0.398 e. The molecule has 154 valence electrons. The van der Waals surface area contributed by atoms with Crippen molar-refractivity contribution >= 4 is 23.1 Å². The molecule has 0 aliphatic carbocycles. The Kier molecular flexibility index (Phi) is 6.16. The van der Waals surface area contributed by atoms with Crippen molar-refractivity contribution in [1.29, 1.82) is 0 Å². The van der Waals surface area contributed by atoms with Crippen LogP contribution in [0.1, 0.15) is 25.0 Å². The summed E-state index contributed by atoms with van der Waals surface area (Å²) in [7, 11) is 0. The van der Waals surface area contributed by atoms with Gasteiger partial charge in [0.15, 0.2) is 0 Å². The van der Waals surface area contributed by atoms with E-state index in [1.54, 1.807) is 0 Å². The number of hydrogen-bond donors (Lipinski definition) is 3. The molecule has 0 spiro atoms. The van der Waals surface area contributed by atoms with Crippen LogP contribution < -0.4 is 16.4 Å². The number of rotatable bonds is 6. The van der Waals surface area contributed by atoms with Gasteiger partial charge in [0, 0.05) is 29.2 Å². The first-order valence-corrected chi connectivity index (χ1v) is 9.47. The molecule has 0 bridgehead atoms. The molecule has 1 atom stereocenters. The van der Waals surface area contributed by atoms with Gasteiger partial charge in [0.1, 0.15) is 17.8 Å². The van der Waals surface area contributed by atoms with Crippen LogP contribution in [0.15, 0.2) is 89.9 Å². The molecule has 0 radical (unpaired) electrons. The van der Waals surface area contributed by atoms with Gasteiger partial charge in [0.05, 0.1) is 5.57 Å². The SMILES string of the molecule is C=C/C(F)=C(C(=O)C1=CNC2NC=C(c3ccc(N)c(/C=C\C)c3)C=C12)\C(F)=C/C. The summed E-state index contributed by atoms with van der Waals surface area (Å²) in [5.41, 5.74) is 9.40. The lowest BCUT2D eigenvalue weighted by Crippen LogP contribution is -2.36. The van der Waals surface area contributed by atoms with Crippen molar-refractivity contribution < 1.29 is 13.6 Å². The number of benzene rings is 1. The fraction of sp³-hybridized carbons (Fsp3) is 0.125. The molecule has 0 saturated carbocycles. The van der Waals surface area contributed by atoms with E-state index in [0.29, 0.717) is 11.3 Å². The number of fused-ring (bicyclic) bond motifs is 1. The Labute approximate surface area is 174 Å². The van der Waals surface area contributed by atoms with E-state index in [2.05, 4.69) is 17.2 Å². The highest BCUT2D eigenvalue weighted by Crippen LogP contribution is 2.33. The van der Waals surface area contributed by atoms with E-state index >= 15 is 0 Å². The fourth-order valence-corrected chi connectivity index (χ4v) is 3.33. The van der Waals surface area contributed by atoms with Crippen molar-refractivity contribution in [2.45, 2.75) is 20.0 Å². The maximum Gasteiger partial charge on any atom is 0.200 e. The summed E-state index contributed by atoms with van der Waals surface area (Å²) in [5, 5.41) is 6.19. The second-order valence-electron chi connectivity index (χ2n) is 6.76. The van der Waals surface area contributed by atoms with Gasteiger partial charge in [0.2, 0.25) is 5.78 Å². The summed E-state index contributed by atoms with van der Waals surface area (Å²) in [6.07, 6.45) is 10.4. The number of hydrogen-bond acceptors (Lipinski definition) is 4. The van der Waals surface area contributed by atoms with Crippen LogP contribution in [0.4, 0.5) is 14.5 Å². The van der Waals surface area contributed by atoms with Crippen molar-refractivity contribution in [3.63, 3.8) is 0 Å². The molecule has 1 unspecified atom stereocenters. The number of anilines is 1. The second kappa shape index (κ2) is 8.78. The van der Waals surface area contributed by atoms with Gasteiger partial charge in [-0.25, -0.2) is 8.78 Å². The maximum absolute atomic E-state index is 14.2. The number of nitrogens with two attached hydrogens (primary N) is 1. The van der Waals surface area contributed by atoms with Crippen LogP contribution in [0.5, 0.6) is 0 Å². The topological polar surface area (TPSA) is 67.2 Å². The van der Waals surface area contributed by atoms with Gasteiger partial charge in [-0.15, -0.1) is 0 Å². The third-order valence-corrected chi connectivity index (χ3v) is 4.88. The first-order valence-electron chi connectivity index (χ1n) is 9.47. The Hall–Kier alpha value is -3.67. The van der Waals surface area contributed by atoms with Gasteiger partial charge in [0.25, 0.3) is 0 Å². The summed E-state index contributed by atoms with van der Waals surface area (Å²) in [5.74, 6) is -2.69. The Bertz CT molecular complexity index is 1090. The molecule has 1 aromatic carbocycles. The molecule has 2 aliphatic rings. The standard InChI is InChI=1S/C24H23F2N3O/c1-4-7-15-10-14(8-9-21(15)27)16-11-17-18(13-29-24(17)28-12-16)23(30)22(19(25)5-2)20(26)6-3/h4-13,24,28-29H,2,27H2,1,3H3/b7-4-,20-6+,22-19-. The fourth-order valence-electron chi connectivity index (χ4n) is 3.33. The van der Waals surface area contributed by atoms with Crippen LogP contribution in [0.3, 0.4) is 0 Å². The average molecular weight is 407 g/mol. The minimum Gasteiger partial charge on any atom is -0.398 e. The first kappa shape index (κ1) is 21.0. The van der Waals surface area contributed by atoms with Crippen molar-refractivity contribution in [2.75, 3.05) is 5.73 Å². The monoisotopic (exact) mass is 407 g/mol. The molecular formula is C24H23F2N3O. The summed E-state index contributed by atoms with van der Waals surface area (Å²) in [4.78, 5) is 13.0. The van der Waals surface area contributed by atoms with E-state index in [1.165, 1.54) is 13.1 Å². The molecule has 0 saturated heterocycles. The summed E-state index contributed by atoms with van der Waals surface area (Å²) >= 11 is 0. The van der Waals surface area contributed by atoms with Crippen LogP contribution in [0.25, 0.3) is 11.6 Å². The first-order chi connectivity index (χ1) is 14.4. The van der Waals surface area contributed by atoms with E-state index in [-0.39, 0.29) is 11.7 Å². The molecule has 0 fully saturated rings. The van der Waals surface area contributed by atoms with Gasteiger partial charge in [-0.1, -0.05) is 30.9 Å². The molecule has 3 rings (SSSR count). The zero-order valence-electron chi connectivity index (χ0n) is 16.8. The minimum absolute atomic E-state index is 0.186. The number of allylic oxidation sites excluding steroid dienone is 8. The molecule has 4 N–H and O–H groups in total. The van der Waals surface area contributed by atoms with Crippen molar-refractivity contribution in [2.24, 2.45) is 0 Å². The molecule has 0 aromatic heterocycles. The van der Waals surface area contributed by atoms with Gasteiger partial charge in [-0.3, -0.25) is 4.79 Å². The Morgan fingerprint density at radius 2 is 1.93 bits per heavy atom. The van der Waals surface area contributed by atoms with E-state index in [4.69, 9.17) is 5.73 Å². The predicted molar refractivity (Wildman–Crippen MR) is 118 cm³/mol. The van der Waals surface area contributed by atoms with E-state index in [1.807, 2.05) is 49.6 Å². The molecular weight excluding hydrogens is 384 g/mol. The zero-order valence-corrected chi connectivity index (χ0v) is 16.8. The third kappa shape index (κ3) is 3.89. The van der Waals surface area contributed by atoms with Crippen molar-refractivity contribution in [3.8, 4) is 0 Å². The second-order valence-corrected chi connectivity index (χ2v) is 6.76. The number of carbonyl (C=O) groups is 1. The number of Topliss-reactive ketones (excluding diaryl/α,β-unsaturated/α-hetero) is 1. The highest BCUT2D eigenvalue weighted by molar-refractivity contribution is 6.15. The normalized spacial score (nSPS) is 19.1. The molecule has 1 aromatic rings. The van der Waals surface area contributed by atoms with Crippen LogP contribution in [0, 0.1) is 0 Å². The maximum atomic E-state index is 14.2. The molecule has 0 amide bonds. The highest BCUT2D eigenvalue weighted by atomic mass is 19.1. The number of ketones is 1. The van der Waals surface area contributed by atoms with Gasteiger partial charge >= 0.3 is 0 Å². The lowest BCUT2D eigenvalue weighted by molar-refractivity contribution is -0.112. The molecule has 30 heavy (non-hydrogen) atoms. The van der Waals surface area contributed by atoms with Crippen LogP contribution in [-0.2, 0) is 4.79 Å². The summed E-state index contributed by atoms with van der Waals surface area (Å²) < 4.78 is 28.4. The van der Waals surface area contributed by atoms with Gasteiger partial charge in [-0.05, 0) is 54.8 Å². The number of halogens is 2. The molecule has 4 nitrogen and oxygen atoms in total. The van der Waals surface area contributed by atoms with Crippen molar-refractivity contribution in [1.82, 2.24) is 10.6 Å². The van der Waals surface area contributed by atoms with E-state index < -0.39 is 23.0 Å². The Morgan fingerprint density at radius 1 is 1.20 bits per heavy atom. The van der Waals surface area contributed by atoms with Crippen molar-refractivity contribution in [3.05, 3.63) is 101 Å². The number of nitrogens with one attached hydrogen (secondary N) is 2. The lowest BCUT2D eigenvalue weighted by Gasteiger charge is -2.22. The summed E-state index contributed by atoms with van der Waals surface area (Å²) in [6.45, 7) is 6.61. The number of nitrogen functional groups attached to an aromatic ring is 1. The van der Waals surface area contributed by atoms with Crippen LogP contribution in [0.2, 0.25) is 0 Å². The summed E-state index contributed by atoms with van der Waals surface area (Å²) in [6, 6.07) is 5.63. The van der Waals surface area contributed by atoms with Crippen LogP contribution in [-0.4, -0.2) is 11.9 Å². The smallest absolute Gasteiger partial charge is 0.200 e. The third-order valence-electron chi connectivity index (χ3n) is 4.88. The quantitative estimate of drug-likeness (QED) is 0.359. The molecule has 6 heteroatoms.